The molecule has 0 saturated heterocycles. The summed E-state index contributed by atoms with van der Waals surface area (Å²) in [5.74, 6) is -2.95. The predicted octanol–water partition coefficient (Wildman–Crippen LogP) is 4.47. The van der Waals surface area contributed by atoms with Gasteiger partial charge in [0.2, 0.25) is 5.78 Å². The summed E-state index contributed by atoms with van der Waals surface area (Å²) in [6.45, 7) is 7.46. The quantitative estimate of drug-likeness (QED) is 0.289. The van der Waals surface area contributed by atoms with Crippen molar-refractivity contribution in [3.05, 3.63) is 52.0 Å². The number of aromatic nitrogens is 2. The number of hydrogen-bond donors (Lipinski definition) is 0. The molecule has 8 heteroatoms. The minimum Gasteiger partial charge on any atom is -0.361 e. The van der Waals surface area contributed by atoms with Crippen LogP contribution < -0.4 is 0 Å². The lowest BCUT2D eigenvalue weighted by atomic mass is 10.1. The van der Waals surface area contributed by atoms with Crippen LogP contribution in [0.4, 0.5) is 8.78 Å². The summed E-state index contributed by atoms with van der Waals surface area (Å²) in [6, 6.07) is 3.52. The Labute approximate surface area is 149 Å². The highest BCUT2D eigenvalue weighted by molar-refractivity contribution is 9.10. The number of halogens is 3. The van der Waals surface area contributed by atoms with Crippen molar-refractivity contribution >= 4 is 29.8 Å². The first kappa shape index (κ1) is 18.9. The second-order valence-corrected chi connectivity index (χ2v) is 13.1. The normalized spacial score (nSPS) is 11.8. The molecular formula is C16H19BrF2N2O2Si. The number of carbonyl (C=O) groups excluding carboxylic acids is 1. The average molecular weight is 417 g/mol. The number of ether oxygens (including phenoxy) is 1. The van der Waals surface area contributed by atoms with Crippen molar-refractivity contribution in [3.8, 4) is 0 Å². The fourth-order valence-electron chi connectivity index (χ4n) is 1.99. The highest BCUT2D eigenvalue weighted by Gasteiger charge is 2.22. The summed E-state index contributed by atoms with van der Waals surface area (Å²) in [6.07, 6.45) is 3.01. The van der Waals surface area contributed by atoms with Gasteiger partial charge in [-0.05, 0) is 34.1 Å². The lowest BCUT2D eigenvalue weighted by Crippen LogP contribution is -2.22. The Morgan fingerprint density at radius 1 is 1.29 bits per heavy atom. The van der Waals surface area contributed by atoms with Crippen LogP contribution in [-0.4, -0.2) is 30.0 Å². The van der Waals surface area contributed by atoms with Crippen LogP contribution in [0.3, 0.4) is 0 Å². The number of imidazole rings is 1. The summed E-state index contributed by atoms with van der Waals surface area (Å²) < 4.78 is 34.7. The Morgan fingerprint density at radius 3 is 2.67 bits per heavy atom. The largest absolute Gasteiger partial charge is 0.361 e. The van der Waals surface area contributed by atoms with Crippen molar-refractivity contribution in [2.45, 2.75) is 32.4 Å². The van der Waals surface area contributed by atoms with Gasteiger partial charge in [-0.15, -0.1) is 0 Å². The van der Waals surface area contributed by atoms with Gasteiger partial charge in [0.1, 0.15) is 6.73 Å². The SMILES string of the molecule is C[Si](C)(C)CCOCn1ccnc1C(=O)c1ccc(Br)c(F)c1F. The van der Waals surface area contributed by atoms with Crippen LogP contribution in [0, 0.1) is 11.6 Å². The molecule has 0 aliphatic rings. The van der Waals surface area contributed by atoms with E-state index in [4.69, 9.17) is 4.74 Å². The molecule has 4 nitrogen and oxygen atoms in total. The van der Waals surface area contributed by atoms with Crippen molar-refractivity contribution in [1.82, 2.24) is 9.55 Å². The summed E-state index contributed by atoms with van der Waals surface area (Å²) >= 11 is 2.89. The van der Waals surface area contributed by atoms with Crippen LogP contribution >= 0.6 is 15.9 Å². The number of hydrogen-bond acceptors (Lipinski definition) is 3. The molecule has 0 saturated carbocycles. The molecule has 0 aliphatic heterocycles. The van der Waals surface area contributed by atoms with E-state index in [-0.39, 0.29) is 22.6 Å². The van der Waals surface area contributed by atoms with Crippen LogP contribution in [0.5, 0.6) is 0 Å². The first-order valence-electron chi connectivity index (χ1n) is 7.48. The van der Waals surface area contributed by atoms with E-state index >= 15 is 0 Å². The summed E-state index contributed by atoms with van der Waals surface area (Å²) in [5.41, 5.74) is -0.356. The Hall–Kier alpha value is -1.38. The Bertz CT molecular complexity index is 744. The number of benzene rings is 1. The molecule has 24 heavy (non-hydrogen) atoms. The maximum Gasteiger partial charge on any atom is 0.231 e. The van der Waals surface area contributed by atoms with Crippen molar-refractivity contribution < 1.29 is 18.3 Å². The summed E-state index contributed by atoms with van der Waals surface area (Å²) in [7, 11) is -1.20. The van der Waals surface area contributed by atoms with Gasteiger partial charge in [0, 0.05) is 27.1 Å². The molecule has 0 bridgehead atoms. The first-order chi connectivity index (χ1) is 11.2. The molecule has 1 aromatic carbocycles. The summed E-state index contributed by atoms with van der Waals surface area (Å²) in [5, 5.41) is 0. The van der Waals surface area contributed by atoms with E-state index in [2.05, 4.69) is 40.6 Å². The molecular weight excluding hydrogens is 398 g/mol. The van der Waals surface area contributed by atoms with Gasteiger partial charge < -0.3 is 9.30 Å². The lowest BCUT2D eigenvalue weighted by molar-refractivity contribution is 0.0811. The zero-order chi connectivity index (χ0) is 17.9. The molecule has 0 aliphatic carbocycles. The fourth-order valence-corrected chi connectivity index (χ4v) is 3.05. The lowest BCUT2D eigenvalue weighted by Gasteiger charge is -2.16. The zero-order valence-corrected chi connectivity index (χ0v) is 16.4. The minimum absolute atomic E-state index is 0.0172. The molecule has 0 spiro atoms. The van der Waals surface area contributed by atoms with Gasteiger partial charge in [0.05, 0.1) is 10.0 Å². The third kappa shape index (κ3) is 4.58. The Kier molecular flexibility index (Phi) is 6.05. The van der Waals surface area contributed by atoms with Crippen LogP contribution in [-0.2, 0) is 11.5 Å². The highest BCUT2D eigenvalue weighted by Crippen LogP contribution is 2.22. The third-order valence-electron chi connectivity index (χ3n) is 3.43. The second kappa shape index (κ2) is 7.67. The van der Waals surface area contributed by atoms with E-state index < -0.39 is 25.5 Å². The molecule has 0 radical (unpaired) electrons. The molecule has 2 aromatic rings. The van der Waals surface area contributed by atoms with Crippen molar-refractivity contribution in [2.75, 3.05) is 6.61 Å². The second-order valence-electron chi connectivity index (χ2n) is 6.62. The smallest absolute Gasteiger partial charge is 0.231 e. The number of nitrogens with zero attached hydrogens (tertiary/aromatic N) is 2. The Morgan fingerprint density at radius 2 is 2.00 bits per heavy atom. The average Bonchev–Trinajstić information content (AvgIpc) is 2.96. The predicted molar refractivity (Wildman–Crippen MR) is 93.8 cm³/mol. The van der Waals surface area contributed by atoms with Gasteiger partial charge in [0.15, 0.2) is 17.5 Å². The van der Waals surface area contributed by atoms with Crippen LogP contribution in [0.25, 0.3) is 0 Å². The molecule has 0 atom stereocenters. The van der Waals surface area contributed by atoms with Gasteiger partial charge in [-0.25, -0.2) is 13.8 Å². The monoisotopic (exact) mass is 416 g/mol. The first-order valence-corrected chi connectivity index (χ1v) is 12.0. The van der Waals surface area contributed by atoms with Gasteiger partial charge >= 0.3 is 0 Å². The van der Waals surface area contributed by atoms with E-state index in [1.807, 2.05) is 0 Å². The molecule has 1 heterocycles. The van der Waals surface area contributed by atoms with Crippen LogP contribution in [0.2, 0.25) is 25.7 Å². The standard InChI is InChI=1S/C16H19BrF2N2O2Si/c1-24(2,3)9-8-23-10-21-7-6-20-16(21)15(22)11-4-5-12(17)14(19)13(11)18/h4-7H,8-10H2,1-3H3. The molecule has 0 unspecified atom stereocenters. The van der Waals surface area contributed by atoms with Crippen LogP contribution in [0.1, 0.15) is 16.2 Å². The molecule has 2 rings (SSSR count). The minimum atomic E-state index is -1.20. The molecule has 0 amide bonds. The number of ketones is 1. The Balaban J connectivity index is 2.12. The van der Waals surface area contributed by atoms with Crippen molar-refractivity contribution in [2.24, 2.45) is 0 Å². The summed E-state index contributed by atoms with van der Waals surface area (Å²) in [4.78, 5) is 16.4. The van der Waals surface area contributed by atoms with Crippen LogP contribution in [0.15, 0.2) is 29.0 Å². The fraction of sp³-hybridized carbons (Fsp3) is 0.375. The maximum atomic E-state index is 14.0. The highest BCUT2D eigenvalue weighted by atomic mass is 79.9. The van der Waals surface area contributed by atoms with Gasteiger partial charge in [-0.1, -0.05) is 19.6 Å². The molecule has 130 valence electrons. The van der Waals surface area contributed by atoms with Crippen molar-refractivity contribution in [1.29, 1.82) is 0 Å². The number of carbonyl (C=O) groups is 1. The van der Waals surface area contributed by atoms with E-state index in [0.717, 1.165) is 6.04 Å². The number of rotatable bonds is 7. The molecule has 0 N–H and O–H groups in total. The maximum absolute atomic E-state index is 14.0. The van der Waals surface area contributed by atoms with E-state index in [0.29, 0.717) is 6.61 Å². The van der Waals surface area contributed by atoms with E-state index in [1.165, 1.54) is 22.9 Å². The third-order valence-corrected chi connectivity index (χ3v) is 5.74. The van der Waals surface area contributed by atoms with Crippen molar-refractivity contribution in [3.63, 3.8) is 0 Å². The van der Waals surface area contributed by atoms with Gasteiger partial charge in [-0.3, -0.25) is 4.79 Å². The molecule has 0 fully saturated rings. The van der Waals surface area contributed by atoms with Gasteiger partial charge in [-0.2, -0.15) is 0 Å². The van der Waals surface area contributed by atoms with Gasteiger partial charge in [0.25, 0.3) is 0 Å². The van der Waals surface area contributed by atoms with E-state index in [1.54, 1.807) is 6.20 Å². The van der Waals surface area contributed by atoms with E-state index in [9.17, 15) is 13.6 Å². The molecule has 1 aromatic heterocycles. The topological polar surface area (TPSA) is 44.1 Å². The zero-order valence-electron chi connectivity index (χ0n) is 13.8.